The number of nitrogens with two attached hydrogens (primary N) is 1. The van der Waals surface area contributed by atoms with Gasteiger partial charge in [0.1, 0.15) is 6.04 Å². The number of rotatable bonds is 10. The molecule has 0 saturated carbocycles. The molecule has 0 radical (unpaired) electrons. The summed E-state index contributed by atoms with van der Waals surface area (Å²) in [5.74, 6) is -0.829. The second kappa shape index (κ2) is 10.4. The van der Waals surface area contributed by atoms with E-state index in [4.69, 9.17) is 5.73 Å². The standard InChI is InChI=1S/C24H30N6O3/c1-4-5-10-20(31)30(21(23(32)33)24(2,3)25)15-16-11-13-17(14-12-16)18-8-6-7-9-19(18)22-26-28-29-27-22/h6-9,11-14,21H,4-5,10,15,25H2,1-3H3,(H,32,33)(H,26,27,28,29)/t21-/m1/s1. The fourth-order valence-corrected chi connectivity index (χ4v) is 3.84. The van der Waals surface area contributed by atoms with E-state index >= 15 is 0 Å². The number of nitrogens with zero attached hydrogens (tertiary/aromatic N) is 4. The molecule has 1 amide bonds. The molecule has 9 heteroatoms. The van der Waals surface area contributed by atoms with Gasteiger partial charge in [0.2, 0.25) is 11.7 Å². The zero-order valence-corrected chi connectivity index (χ0v) is 19.2. The van der Waals surface area contributed by atoms with Crippen LogP contribution in [0.1, 0.15) is 45.6 Å². The molecule has 4 N–H and O–H groups in total. The van der Waals surface area contributed by atoms with E-state index in [0.717, 1.165) is 28.7 Å². The highest BCUT2D eigenvalue weighted by Gasteiger charge is 2.39. The molecule has 2 aromatic carbocycles. The molecule has 1 atom stereocenters. The van der Waals surface area contributed by atoms with Crippen LogP contribution in [-0.4, -0.2) is 54.1 Å². The average molecular weight is 451 g/mol. The van der Waals surface area contributed by atoms with Gasteiger partial charge in [-0.2, -0.15) is 5.21 Å². The van der Waals surface area contributed by atoms with Crippen molar-refractivity contribution in [2.75, 3.05) is 0 Å². The number of aromatic nitrogens is 4. The lowest BCUT2D eigenvalue weighted by Crippen LogP contribution is -2.60. The summed E-state index contributed by atoms with van der Waals surface area (Å²) in [5, 5.41) is 24.1. The molecule has 0 aliphatic heterocycles. The molecule has 1 aromatic heterocycles. The van der Waals surface area contributed by atoms with Crippen molar-refractivity contribution in [1.29, 1.82) is 0 Å². The van der Waals surface area contributed by atoms with Crippen molar-refractivity contribution in [2.24, 2.45) is 5.73 Å². The molecule has 0 aliphatic rings. The van der Waals surface area contributed by atoms with Gasteiger partial charge in [0.15, 0.2) is 0 Å². The van der Waals surface area contributed by atoms with Crippen molar-refractivity contribution in [3.63, 3.8) is 0 Å². The first-order chi connectivity index (χ1) is 15.7. The zero-order chi connectivity index (χ0) is 24.0. The van der Waals surface area contributed by atoms with Gasteiger partial charge in [0.05, 0.1) is 0 Å². The number of carbonyl (C=O) groups excluding carboxylic acids is 1. The maximum absolute atomic E-state index is 12.9. The van der Waals surface area contributed by atoms with E-state index in [1.165, 1.54) is 4.90 Å². The van der Waals surface area contributed by atoms with Gasteiger partial charge in [-0.3, -0.25) is 4.79 Å². The number of aliphatic carboxylic acids is 1. The summed E-state index contributed by atoms with van der Waals surface area (Å²) in [6.45, 7) is 5.41. The number of hydrogen-bond donors (Lipinski definition) is 3. The summed E-state index contributed by atoms with van der Waals surface area (Å²) in [4.78, 5) is 26.4. The van der Waals surface area contributed by atoms with Gasteiger partial charge in [-0.05, 0) is 42.2 Å². The van der Waals surface area contributed by atoms with Crippen molar-refractivity contribution in [3.8, 4) is 22.5 Å². The highest BCUT2D eigenvalue weighted by Crippen LogP contribution is 2.30. The van der Waals surface area contributed by atoms with E-state index in [9.17, 15) is 14.7 Å². The number of H-pyrrole nitrogens is 1. The zero-order valence-electron chi connectivity index (χ0n) is 19.2. The first-order valence-corrected chi connectivity index (χ1v) is 11.0. The number of aromatic amines is 1. The fraction of sp³-hybridized carbons (Fsp3) is 0.375. The quantitative estimate of drug-likeness (QED) is 0.431. The first-order valence-electron chi connectivity index (χ1n) is 11.0. The van der Waals surface area contributed by atoms with Crippen LogP contribution >= 0.6 is 0 Å². The van der Waals surface area contributed by atoms with E-state index in [-0.39, 0.29) is 18.9 Å². The molecule has 33 heavy (non-hydrogen) atoms. The SMILES string of the molecule is CCCCC(=O)N(Cc1ccc(-c2ccccc2-c2nn[nH]n2)cc1)[C@H](C(=O)O)C(C)(C)N. The Balaban J connectivity index is 1.90. The van der Waals surface area contributed by atoms with Gasteiger partial charge in [-0.1, -0.05) is 61.9 Å². The predicted molar refractivity (Wildman–Crippen MR) is 125 cm³/mol. The Morgan fingerprint density at radius 1 is 1.12 bits per heavy atom. The number of hydrogen-bond acceptors (Lipinski definition) is 6. The van der Waals surface area contributed by atoms with Crippen LogP contribution in [0.2, 0.25) is 0 Å². The number of carboxylic acids is 1. The Morgan fingerprint density at radius 2 is 1.79 bits per heavy atom. The van der Waals surface area contributed by atoms with E-state index in [1.807, 2.05) is 55.5 Å². The van der Waals surface area contributed by atoms with E-state index < -0.39 is 17.6 Å². The molecule has 0 saturated heterocycles. The lowest BCUT2D eigenvalue weighted by molar-refractivity contribution is -0.153. The number of carbonyl (C=O) groups is 2. The Hall–Kier alpha value is -3.59. The molecule has 174 valence electrons. The fourth-order valence-electron chi connectivity index (χ4n) is 3.84. The number of carboxylic acid groups (broad SMARTS) is 1. The Morgan fingerprint density at radius 3 is 2.33 bits per heavy atom. The third-order valence-corrected chi connectivity index (χ3v) is 5.45. The van der Waals surface area contributed by atoms with Gasteiger partial charge >= 0.3 is 5.97 Å². The van der Waals surface area contributed by atoms with Gasteiger partial charge in [0, 0.05) is 24.1 Å². The van der Waals surface area contributed by atoms with Crippen LogP contribution in [-0.2, 0) is 16.1 Å². The smallest absolute Gasteiger partial charge is 0.328 e. The van der Waals surface area contributed by atoms with Gasteiger partial charge in [-0.15, -0.1) is 10.2 Å². The molecule has 0 fully saturated rings. The average Bonchev–Trinajstić information content (AvgIpc) is 3.31. The highest BCUT2D eigenvalue weighted by atomic mass is 16.4. The minimum atomic E-state index is -1.14. The molecule has 0 spiro atoms. The number of tetrazole rings is 1. The third-order valence-electron chi connectivity index (χ3n) is 5.45. The second-order valence-corrected chi connectivity index (χ2v) is 8.67. The van der Waals surface area contributed by atoms with E-state index in [0.29, 0.717) is 12.2 Å². The van der Waals surface area contributed by atoms with E-state index in [1.54, 1.807) is 13.8 Å². The third kappa shape index (κ3) is 5.81. The summed E-state index contributed by atoms with van der Waals surface area (Å²) in [5.41, 5.74) is 8.60. The lowest BCUT2D eigenvalue weighted by atomic mass is 9.93. The van der Waals surface area contributed by atoms with Crippen molar-refractivity contribution < 1.29 is 14.7 Å². The largest absolute Gasteiger partial charge is 0.480 e. The van der Waals surface area contributed by atoms with Crippen LogP contribution in [0.25, 0.3) is 22.5 Å². The molecule has 1 heterocycles. The normalized spacial score (nSPS) is 12.4. The first kappa shape index (κ1) is 24.1. The number of benzene rings is 2. The van der Waals surface area contributed by atoms with E-state index in [2.05, 4.69) is 20.6 Å². The topological polar surface area (TPSA) is 138 Å². The minimum absolute atomic E-state index is 0.160. The number of nitrogens with one attached hydrogen (secondary N) is 1. The molecular weight excluding hydrogens is 420 g/mol. The van der Waals surface area contributed by atoms with Crippen molar-refractivity contribution in [3.05, 3.63) is 54.1 Å². The Labute approximate surface area is 193 Å². The molecule has 0 bridgehead atoms. The summed E-state index contributed by atoms with van der Waals surface area (Å²) in [6, 6.07) is 14.3. The summed E-state index contributed by atoms with van der Waals surface area (Å²) < 4.78 is 0. The van der Waals surface area contributed by atoms with Crippen molar-refractivity contribution in [1.82, 2.24) is 25.5 Å². The summed E-state index contributed by atoms with van der Waals surface area (Å²) in [6.07, 6.45) is 1.82. The Kier molecular flexibility index (Phi) is 7.55. The maximum atomic E-state index is 12.9. The number of amides is 1. The molecule has 0 unspecified atom stereocenters. The lowest BCUT2D eigenvalue weighted by Gasteiger charge is -2.37. The molecule has 9 nitrogen and oxygen atoms in total. The molecular formula is C24H30N6O3. The van der Waals surface area contributed by atoms with Gasteiger partial charge in [-0.25, -0.2) is 4.79 Å². The molecule has 3 aromatic rings. The van der Waals surface area contributed by atoms with Crippen LogP contribution in [0.5, 0.6) is 0 Å². The monoisotopic (exact) mass is 450 g/mol. The summed E-state index contributed by atoms with van der Waals surface area (Å²) in [7, 11) is 0. The maximum Gasteiger partial charge on any atom is 0.328 e. The van der Waals surface area contributed by atoms with Crippen LogP contribution in [0, 0.1) is 0 Å². The van der Waals surface area contributed by atoms with Gasteiger partial charge in [0.25, 0.3) is 0 Å². The minimum Gasteiger partial charge on any atom is -0.480 e. The second-order valence-electron chi connectivity index (χ2n) is 8.67. The van der Waals surface area contributed by atoms with Crippen molar-refractivity contribution in [2.45, 2.75) is 58.2 Å². The Bertz CT molecular complexity index is 1070. The molecule has 3 rings (SSSR count). The van der Waals surface area contributed by atoms with Crippen LogP contribution < -0.4 is 5.73 Å². The number of unbranched alkanes of at least 4 members (excludes halogenated alkanes) is 1. The van der Waals surface area contributed by atoms with Crippen LogP contribution in [0.4, 0.5) is 0 Å². The highest BCUT2D eigenvalue weighted by molar-refractivity contribution is 5.85. The summed E-state index contributed by atoms with van der Waals surface area (Å²) >= 11 is 0. The van der Waals surface area contributed by atoms with Crippen LogP contribution in [0.3, 0.4) is 0 Å². The van der Waals surface area contributed by atoms with Crippen LogP contribution in [0.15, 0.2) is 48.5 Å². The van der Waals surface area contributed by atoms with Gasteiger partial charge < -0.3 is 15.7 Å². The van der Waals surface area contributed by atoms with Crippen molar-refractivity contribution >= 4 is 11.9 Å². The predicted octanol–water partition coefficient (Wildman–Crippen LogP) is 3.24. The molecule has 0 aliphatic carbocycles.